The van der Waals surface area contributed by atoms with E-state index in [1.807, 2.05) is 54.9 Å². The van der Waals surface area contributed by atoms with Gasteiger partial charge in [-0.05, 0) is 61.5 Å². The minimum absolute atomic E-state index is 0.217. The van der Waals surface area contributed by atoms with Crippen LogP contribution in [-0.2, 0) is 6.54 Å². The third-order valence-corrected chi connectivity index (χ3v) is 4.36. The van der Waals surface area contributed by atoms with Crippen LogP contribution in [0.5, 0.6) is 0 Å². The van der Waals surface area contributed by atoms with Crippen LogP contribution >= 0.6 is 12.2 Å². The molecule has 0 spiro atoms. The Morgan fingerprint density at radius 1 is 1.15 bits per heavy atom. The van der Waals surface area contributed by atoms with Gasteiger partial charge in [0.05, 0.1) is 18.5 Å². The molecule has 1 heterocycles. The molecule has 6 heteroatoms. The van der Waals surface area contributed by atoms with Gasteiger partial charge >= 0.3 is 0 Å². The fourth-order valence-electron chi connectivity index (χ4n) is 2.68. The predicted octanol–water partition coefficient (Wildman–Crippen LogP) is 4.61. The van der Waals surface area contributed by atoms with E-state index >= 15 is 0 Å². The van der Waals surface area contributed by atoms with Crippen LogP contribution in [0.1, 0.15) is 22.4 Å². The first-order chi connectivity index (χ1) is 13.0. The summed E-state index contributed by atoms with van der Waals surface area (Å²) in [5.41, 5.74) is 7.50. The molecule has 1 aromatic heterocycles. The molecule has 3 rings (SSSR count). The highest BCUT2D eigenvalue weighted by Gasteiger charge is 2.04. The largest absolute Gasteiger partial charge is 0.342 e. The molecule has 2 aromatic carbocycles. The molecule has 0 atom stereocenters. The number of aromatic nitrogens is 1. The van der Waals surface area contributed by atoms with Crippen LogP contribution in [0, 0.1) is 19.7 Å². The van der Waals surface area contributed by atoms with E-state index in [-0.39, 0.29) is 5.82 Å². The van der Waals surface area contributed by atoms with E-state index in [0.29, 0.717) is 17.2 Å². The monoisotopic (exact) mass is 380 g/mol. The Kier molecular flexibility index (Phi) is 5.98. The lowest BCUT2D eigenvalue weighted by Gasteiger charge is -2.11. The maximum absolute atomic E-state index is 13.9. The molecule has 0 unspecified atom stereocenters. The summed E-state index contributed by atoms with van der Waals surface area (Å²) in [6.07, 6.45) is 3.55. The zero-order chi connectivity index (χ0) is 19.2. The fraction of sp³-hybridized carbons (Fsp3) is 0.143. The first-order valence-electron chi connectivity index (χ1n) is 8.59. The summed E-state index contributed by atoms with van der Waals surface area (Å²) >= 11 is 5.30. The van der Waals surface area contributed by atoms with Crippen LogP contribution < -0.4 is 10.7 Å². The molecule has 0 aliphatic heterocycles. The molecule has 0 saturated heterocycles. The number of thiocarbonyl (C=S) groups is 1. The summed E-state index contributed by atoms with van der Waals surface area (Å²) in [6.45, 7) is 4.48. The highest BCUT2D eigenvalue weighted by molar-refractivity contribution is 7.80. The normalized spacial score (nSPS) is 10.9. The second-order valence-electron chi connectivity index (χ2n) is 6.29. The van der Waals surface area contributed by atoms with E-state index in [1.54, 1.807) is 18.3 Å². The van der Waals surface area contributed by atoms with Gasteiger partial charge < -0.3 is 9.88 Å². The smallest absolute Gasteiger partial charge is 0.191 e. The zero-order valence-corrected chi connectivity index (χ0v) is 16.1. The van der Waals surface area contributed by atoms with Gasteiger partial charge in [-0.15, -0.1) is 0 Å². The van der Waals surface area contributed by atoms with Gasteiger partial charge in [0.25, 0.3) is 0 Å². The SMILES string of the molecule is Cc1ccc(C)c(NC(=S)NN=Cc2cccn2Cc2ccccc2F)c1. The lowest BCUT2D eigenvalue weighted by atomic mass is 10.1. The maximum atomic E-state index is 13.9. The van der Waals surface area contributed by atoms with Crippen molar-refractivity contribution < 1.29 is 4.39 Å². The van der Waals surface area contributed by atoms with E-state index in [1.165, 1.54) is 6.07 Å². The van der Waals surface area contributed by atoms with Crippen molar-refractivity contribution in [2.45, 2.75) is 20.4 Å². The van der Waals surface area contributed by atoms with E-state index in [2.05, 4.69) is 21.9 Å². The van der Waals surface area contributed by atoms with Crippen molar-refractivity contribution in [3.8, 4) is 0 Å². The average Bonchev–Trinajstić information content (AvgIpc) is 3.07. The molecule has 138 valence electrons. The van der Waals surface area contributed by atoms with Crippen molar-refractivity contribution in [3.63, 3.8) is 0 Å². The Hall–Kier alpha value is -2.99. The lowest BCUT2D eigenvalue weighted by Crippen LogP contribution is -2.24. The van der Waals surface area contributed by atoms with Gasteiger partial charge in [0.15, 0.2) is 5.11 Å². The van der Waals surface area contributed by atoms with Gasteiger partial charge in [0.2, 0.25) is 0 Å². The third-order valence-electron chi connectivity index (χ3n) is 4.17. The molecule has 3 aromatic rings. The van der Waals surface area contributed by atoms with Crippen molar-refractivity contribution in [2.75, 3.05) is 5.32 Å². The average molecular weight is 380 g/mol. The van der Waals surface area contributed by atoms with Crippen LogP contribution in [0.3, 0.4) is 0 Å². The predicted molar refractivity (Wildman–Crippen MR) is 113 cm³/mol. The Morgan fingerprint density at radius 3 is 2.78 bits per heavy atom. The molecular formula is C21H21FN4S. The summed E-state index contributed by atoms with van der Waals surface area (Å²) in [4.78, 5) is 0. The maximum Gasteiger partial charge on any atom is 0.191 e. The molecule has 0 saturated carbocycles. The molecule has 27 heavy (non-hydrogen) atoms. The topological polar surface area (TPSA) is 41.4 Å². The number of halogens is 1. The number of anilines is 1. The number of nitrogens with one attached hydrogen (secondary N) is 2. The molecule has 2 N–H and O–H groups in total. The van der Waals surface area contributed by atoms with Crippen LogP contribution in [0.25, 0.3) is 0 Å². The van der Waals surface area contributed by atoms with E-state index in [9.17, 15) is 4.39 Å². The number of nitrogens with zero attached hydrogens (tertiary/aromatic N) is 2. The van der Waals surface area contributed by atoms with Gasteiger partial charge in [-0.1, -0.05) is 30.3 Å². The van der Waals surface area contributed by atoms with E-state index < -0.39 is 0 Å². The van der Waals surface area contributed by atoms with Crippen molar-refractivity contribution in [1.29, 1.82) is 0 Å². The minimum Gasteiger partial charge on any atom is -0.342 e. The van der Waals surface area contributed by atoms with Gasteiger partial charge in [0.1, 0.15) is 5.82 Å². The van der Waals surface area contributed by atoms with Crippen LogP contribution in [0.15, 0.2) is 65.9 Å². The molecule has 0 fully saturated rings. The highest BCUT2D eigenvalue weighted by Crippen LogP contribution is 2.16. The summed E-state index contributed by atoms with van der Waals surface area (Å²) in [5.74, 6) is -0.217. The highest BCUT2D eigenvalue weighted by atomic mass is 32.1. The molecule has 0 aliphatic carbocycles. The third kappa shape index (κ3) is 5.01. The number of aryl methyl sites for hydroxylation is 2. The Bertz CT molecular complexity index is 978. The summed E-state index contributed by atoms with van der Waals surface area (Å²) in [7, 11) is 0. The van der Waals surface area contributed by atoms with E-state index in [4.69, 9.17) is 12.2 Å². The minimum atomic E-state index is -0.217. The molecule has 0 radical (unpaired) electrons. The van der Waals surface area contributed by atoms with E-state index in [0.717, 1.165) is 22.5 Å². The van der Waals surface area contributed by atoms with Gasteiger partial charge in [-0.2, -0.15) is 5.10 Å². The second-order valence-corrected chi connectivity index (χ2v) is 6.70. The van der Waals surface area contributed by atoms with Crippen LogP contribution in [0.4, 0.5) is 10.1 Å². The number of hydrogen-bond acceptors (Lipinski definition) is 2. The zero-order valence-electron chi connectivity index (χ0n) is 15.2. The van der Waals surface area contributed by atoms with Crippen molar-refractivity contribution in [3.05, 3.63) is 89.0 Å². The number of rotatable bonds is 5. The molecule has 0 bridgehead atoms. The first-order valence-corrected chi connectivity index (χ1v) is 8.99. The Balaban J connectivity index is 1.62. The van der Waals surface area contributed by atoms with Crippen LogP contribution in [0.2, 0.25) is 0 Å². The fourth-order valence-corrected chi connectivity index (χ4v) is 2.84. The molecule has 4 nitrogen and oxygen atoms in total. The number of hydrazone groups is 1. The van der Waals surface area contributed by atoms with Crippen LogP contribution in [-0.4, -0.2) is 15.9 Å². The summed E-state index contributed by atoms with van der Waals surface area (Å²) in [5, 5.41) is 7.75. The number of hydrogen-bond donors (Lipinski definition) is 2. The second kappa shape index (κ2) is 8.60. The summed E-state index contributed by atoms with van der Waals surface area (Å²) in [6, 6.07) is 16.7. The lowest BCUT2D eigenvalue weighted by molar-refractivity contribution is 0.599. The molecule has 0 aliphatic rings. The van der Waals surface area contributed by atoms with Gasteiger partial charge in [0, 0.05) is 17.4 Å². The Morgan fingerprint density at radius 2 is 1.96 bits per heavy atom. The van der Waals surface area contributed by atoms with Crippen molar-refractivity contribution >= 4 is 29.2 Å². The quantitative estimate of drug-likeness (QED) is 0.386. The first kappa shape index (κ1) is 18.8. The molecular weight excluding hydrogens is 359 g/mol. The summed E-state index contributed by atoms with van der Waals surface area (Å²) < 4.78 is 15.8. The Labute approximate surface area is 163 Å². The van der Waals surface area contributed by atoms with Gasteiger partial charge in [-0.25, -0.2) is 4.39 Å². The van der Waals surface area contributed by atoms with Crippen molar-refractivity contribution in [1.82, 2.24) is 9.99 Å². The molecule has 0 amide bonds. The van der Waals surface area contributed by atoms with Crippen molar-refractivity contribution in [2.24, 2.45) is 5.10 Å². The number of benzene rings is 2. The van der Waals surface area contributed by atoms with Gasteiger partial charge in [-0.3, -0.25) is 5.43 Å². The standard InChI is InChI=1S/C21H21FN4S/c1-15-9-10-16(2)20(12-15)24-21(27)25-23-13-18-7-5-11-26(18)14-17-6-3-4-8-19(17)22/h3-13H,14H2,1-2H3,(H2,24,25,27).